The third-order valence-corrected chi connectivity index (χ3v) is 4.73. The van der Waals surface area contributed by atoms with Gasteiger partial charge >= 0.3 is 0 Å². The number of pyridine rings is 1. The van der Waals surface area contributed by atoms with Crippen LogP contribution in [0.1, 0.15) is 46.7 Å². The van der Waals surface area contributed by atoms with Crippen molar-refractivity contribution in [2.45, 2.75) is 53.5 Å². The number of anilines is 1. The largest absolute Gasteiger partial charge is 0.364 e. The fraction of sp³-hybridized carbons (Fsp3) is 0.409. The van der Waals surface area contributed by atoms with Gasteiger partial charge in [0.2, 0.25) is 0 Å². The summed E-state index contributed by atoms with van der Waals surface area (Å²) >= 11 is 6.50. The van der Waals surface area contributed by atoms with Crippen LogP contribution in [0.25, 0.3) is 16.9 Å². The van der Waals surface area contributed by atoms with E-state index in [4.69, 9.17) is 16.6 Å². The second-order valence-electron chi connectivity index (χ2n) is 8.90. The van der Waals surface area contributed by atoms with Crippen LogP contribution in [-0.2, 0) is 0 Å². The second kappa shape index (κ2) is 6.62. The van der Waals surface area contributed by atoms with Crippen molar-refractivity contribution in [1.82, 2.24) is 9.38 Å². The summed E-state index contributed by atoms with van der Waals surface area (Å²) in [6, 6.07) is 14.1. The first kappa shape index (κ1) is 18.8. The van der Waals surface area contributed by atoms with Gasteiger partial charge in [0.15, 0.2) is 0 Å². The molecule has 0 fully saturated rings. The number of aryl methyl sites for hydroxylation is 1. The zero-order valence-electron chi connectivity index (χ0n) is 16.5. The van der Waals surface area contributed by atoms with Crippen molar-refractivity contribution in [2.24, 2.45) is 5.41 Å². The molecule has 0 aliphatic heterocycles. The summed E-state index contributed by atoms with van der Waals surface area (Å²) in [5.74, 6) is 1.00. The number of fused-ring (bicyclic) bond motifs is 1. The first-order valence-electron chi connectivity index (χ1n) is 9.09. The molecule has 1 N–H and O–H groups in total. The Balaban J connectivity index is 2.19. The molecule has 0 aliphatic rings. The van der Waals surface area contributed by atoms with Crippen LogP contribution in [0.3, 0.4) is 0 Å². The number of halogens is 1. The van der Waals surface area contributed by atoms with Crippen molar-refractivity contribution in [3.05, 3.63) is 53.2 Å². The molecule has 0 aliphatic carbocycles. The van der Waals surface area contributed by atoms with Gasteiger partial charge in [-0.25, -0.2) is 4.98 Å². The highest BCUT2D eigenvalue weighted by Gasteiger charge is 2.28. The maximum atomic E-state index is 6.50. The van der Waals surface area contributed by atoms with Gasteiger partial charge in [-0.3, -0.25) is 4.40 Å². The number of aromatic nitrogens is 2. The van der Waals surface area contributed by atoms with Gasteiger partial charge in [-0.2, -0.15) is 0 Å². The summed E-state index contributed by atoms with van der Waals surface area (Å²) in [6.07, 6.45) is 1.03. The minimum absolute atomic E-state index is 0.0908. The Morgan fingerprint density at radius 3 is 2.35 bits per heavy atom. The van der Waals surface area contributed by atoms with Crippen LogP contribution in [0, 0.1) is 12.3 Å². The molecule has 4 heteroatoms. The normalized spacial score (nSPS) is 12.6. The van der Waals surface area contributed by atoms with Gasteiger partial charge in [0, 0.05) is 16.8 Å². The summed E-state index contributed by atoms with van der Waals surface area (Å²) in [7, 11) is 0. The zero-order chi connectivity index (χ0) is 19.1. The van der Waals surface area contributed by atoms with Gasteiger partial charge in [-0.05, 0) is 50.8 Å². The van der Waals surface area contributed by atoms with E-state index in [1.165, 1.54) is 0 Å². The molecular formula is C22H28ClN3. The lowest BCUT2D eigenvalue weighted by atomic mass is 9.82. The molecule has 2 heterocycles. The molecule has 3 nitrogen and oxygen atoms in total. The fourth-order valence-corrected chi connectivity index (χ4v) is 4.13. The van der Waals surface area contributed by atoms with Crippen LogP contribution < -0.4 is 5.32 Å². The molecule has 1 aromatic carbocycles. The van der Waals surface area contributed by atoms with Crippen LogP contribution in [0.5, 0.6) is 0 Å². The molecule has 26 heavy (non-hydrogen) atoms. The van der Waals surface area contributed by atoms with E-state index in [0.29, 0.717) is 5.02 Å². The summed E-state index contributed by atoms with van der Waals surface area (Å²) < 4.78 is 2.18. The van der Waals surface area contributed by atoms with E-state index >= 15 is 0 Å². The van der Waals surface area contributed by atoms with E-state index < -0.39 is 0 Å². The monoisotopic (exact) mass is 369 g/mol. The van der Waals surface area contributed by atoms with Crippen LogP contribution in [0.15, 0.2) is 42.5 Å². The second-order valence-corrected chi connectivity index (χ2v) is 9.30. The van der Waals surface area contributed by atoms with Crippen molar-refractivity contribution in [3.63, 3.8) is 0 Å². The molecule has 0 amide bonds. The van der Waals surface area contributed by atoms with Crippen LogP contribution >= 0.6 is 11.6 Å². The average Bonchev–Trinajstić information content (AvgIpc) is 2.84. The van der Waals surface area contributed by atoms with Crippen molar-refractivity contribution in [2.75, 3.05) is 5.32 Å². The molecule has 3 aromatic rings. The Bertz CT molecular complexity index is 932. The quantitative estimate of drug-likeness (QED) is 0.562. The number of hydrogen-bond acceptors (Lipinski definition) is 2. The van der Waals surface area contributed by atoms with E-state index in [1.54, 1.807) is 0 Å². The van der Waals surface area contributed by atoms with Gasteiger partial charge < -0.3 is 5.32 Å². The number of imidazole rings is 1. The molecule has 0 bridgehead atoms. The van der Waals surface area contributed by atoms with E-state index in [-0.39, 0.29) is 11.0 Å². The number of benzene rings is 1. The fourth-order valence-electron chi connectivity index (χ4n) is 3.90. The summed E-state index contributed by atoms with van der Waals surface area (Å²) in [5, 5.41) is 4.49. The standard InChI is InChI=1S/C22H28ClN3/c1-15-10-9-13-18-24-19(16-11-7-8-12-17(16)23)20(26(15)18)25-22(5,6)14-21(2,3)4/h7-13,25H,14H2,1-6H3. The highest BCUT2D eigenvalue weighted by Crippen LogP contribution is 2.37. The Morgan fingerprint density at radius 2 is 1.69 bits per heavy atom. The molecule has 0 unspecified atom stereocenters. The Labute approximate surface area is 161 Å². The van der Waals surface area contributed by atoms with Gasteiger partial charge in [0.25, 0.3) is 0 Å². The summed E-state index contributed by atoms with van der Waals surface area (Å²) in [6.45, 7) is 13.4. The Kier molecular flexibility index (Phi) is 4.78. The number of nitrogens with zero attached hydrogens (tertiary/aromatic N) is 2. The first-order chi connectivity index (χ1) is 12.1. The molecule has 2 aromatic heterocycles. The third-order valence-electron chi connectivity index (χ3n) is 4.40. The molecule has 0 radical (unpaired) electrons. The van der Waals surface area contributed by atoms with E-state index in [0.717, 1.165) is 34.8 Å². The first-order valence-corrected chi connectivity index (χ1v) is 9.46. The lowest BCUT2D eigenvalue weighted by Gasteiger charge is -2.34. The van der Waals surface area contributed by atoms with Crippen molar-refractivity contribution >= 4 is 23.1 Å². The number of hydrogen-bond donors (Lipinski definition) is 1. The zero-order valence-corrected chi connectivity index (χ0v) is 17.3. The molecule has 3 rings (SSSR count). The Morgan fingerprint density at radius 1 is 1.00 bits per heavy atom. The van der Waals surface area contributed by atoms with E-state index in [1.807, 2.05) is 36.4 Å². The molecule has 138 valence electrons. The van der Waals surface area contributed by atoms with E-state index in [9.17, 15) is 0 Å². The van der Waals surface area contributed by atoms with Crippen molar-refractivity contribution < 1.29 is 0 Å². The van der Waals surface area contributed by atoms with Gasteiger partial charge in [-0.15, -0.1) is 0 Å². The van der Waals surface area contributed by atoms with Crippen molar-refractivity contribution in [3.8, 4) is 11.3 Å². The Hall–Kier alpha value is -2.00. The predicted molar refractivity (Wildman–Crippen MR) is 112 cm³/mol. The molecular weight excluding hydrogens is 342 g/mol. The number of rotatable bonds is 4. The van der Waals surface area contributed by atoms with Gasteiger partial charge in [0.05, 0.1) is 5.02 Å². The van der Waals surface area contributed by atoms with Crippen LogP contribution in [0.4, 0.5) is 5.82 Å². The van der Waals surface area contributed by atoms with E-state index in [2.05, 4.69) is 57.3 Å². The van der Waals surface area contributed by atoms with Crippen LogP contribution in [0.2, 0.25) is 5.02 Å². The molecule has 0 spiro atoms. The van der Waals surface area contributed by atoms with Gasteiger partial charge in [-0.1, -0.05) is 56.6 Å². The summed E-state index contributed by atoms with van der Waals surface area (Å²) in [5.41, 5.74) is 4.04. The average molecular weight is 370 g/mol. The molecule has 0 saturated heterocycles. The minimum Gasteiger partial charge on any atom is -0.364 e. The number of nitrogens with one attached hydrogen (secondary N) is 1. The maximum absolute atomic E-state index is 6.50. The lowest BCUT2D eigenvalue weighted by molar-refractivity contribution is 0.302. The minimum atomic E-state index is -0.0908. The smallest absolute Gasteiger partial charge is 0.139 e. The SMILES string of the molecule is Cc1cccc2nc(-c3ccccc3Cl)c(NC(C)(C)CC(C)(C)C)n12. The highest BCUT2D eigenvalue weighted by molar-refractivity contribution is 6.33. The van der Waals surface area contributed by atoms with Crippen molar-refractivity contribution in [1.29, 1.82) is 0 Å². The maximum Gasteiger partial charge on any atom is 0.139 e. The van der Waals surface area contributed by atoms with Crippen LogP contribution in [-0.4, -0.2) is 14.9 Å². The summed E-state index contributed by atoms with van der Waals surface area (Å²) in [4.78, 5) is 4.90. The molecule has 0 atom stereocenters. The topological polar surface area (TPSA) is 29.3 Å². The highest BCUT2D eigenvalue weighted by atomic mass is 35.5. The molecule has 0 saturated carbocycles. The predicted octanol–water partition coefficient (Wildman–Crippen LogP) is 6.59. The third kappa shape index (κ3) is 3.88. The van der Waals surface area contributed by atoms with Gasteiger partial charge in [0.1, 0.15) is 17.2 Å². The lowest BCUT2D eigenvalue weighted by Crippen LogP contribution is -2.36.